The molecular weight excluding hydrogens is 344 g/mol. The minimum atomic E-state index is -0.189. The highest BCUT2D eigenvalue weighted by atomic mass is 32.1. The fourth-order valence-corrected chi connectivity index (χ4v) is 4.26. The molecule has 0 unspecified atom stereocenters. The van der Waals surface area contributed by atoms with Crippen molar-refractivity contribution in [2.24, 2.45) is 11.7 Å². The van der Waals surface area contributed by atoms with Crippen LogP contribution in [0.5, 0.6) is 0 Å². The molecule has 6 heteroatoms. The molecule has 0 spiro atoms. The molecule has 3 N–H and O–H groups in total. The summed E-state index contributed by atoms with van der Waals surface area (Å²) in [4.78, 5) is 18.3. The number of amides is 1. The average Bonchev–Trinajstić information content (AvgIpc) is 3.10. The average molecular weight is 366 g/mol. The summed E-state index contributed by atoms with van der Waals surface area (Å²) >= 11 is 1.67. The van der Waals surface area contributed by atoms with Crippen LogP contribution >= 0.6 is 11.3 Å². The van der Waals surface area contributed by atoms with Crippen molar-refractivity contribution in [3.8, 4) is 0 Å². The van der Waals surface area contributed by atoms with E-state index < -0.39 is 0 Å². The molecule has 1 amide bonds. The number of hydrogen-bond donors (Lipinski definition) is 2. The summed E-state index contributed by atoms with van der Waals surface area (Å²) in [7, 11) is 0. The third-order valence-electron chi connectivity index (χ3n) is 4.86. The van der Waals surface area contributed by atoms with Crippen LogP contribution in [0.4, 0.5) is 10.8 Å². The SMILES string of the molecule is NC(=O)[C@H]1CCCN(c2ccc(CNc3nc4ccccc4s3)cc2)C1. The van der Waals surface area contributed by atoms with E-state index in [0.29, 0.717) is 0 Å². The summed E-state index contributed by atoms with van der Waals surface area (Å²) in [6.07, 6.45) is 1.91. The van der Waals surface area contributed by atoms with Crippen LogP contribution in [0.1, 0.15) is 18.4 Å². The van der Waals surface area contributed by atoms with Gasteiger partial charge in [-0.2, -0.15) is 0 Å². The standard InChI is InChI=1S/C20H22N4OS/c21-19(25)15-4-3-11-24(13-15)16-9-7-14(8-10-16)12-22-20-23-17-5-1-2-6-18(17)26-20/h1-2,5-10,15H,3-4,11-13H2,(H2,21,25)(H,22,23)/t15-/m0/s1. The summed E-state index contributed by atoms with van der Waals surface area (Å²) in [5.41, 5.74) is 8.86. The highest BCUT2D eigenvalue weighted by molar-refractivity contribution is 7.22. The second-order valence-electron chi connectivity index (χ2n) is 6.69. The lowest BCUT2D eigenvalue weighted by Gasteiger charge is -2.33. The zero-order chi connectivity index (χ0) is 17.9. The van der Waals surface area contributed by atoms with Crippen molar-refractivity contribution in [3.05, 3.63) is 54.1 Å². The van der Waals surface area contributed by atoms with Crippen molar-refractivity contribution in [2.45, 2.75) is 19.4 Å². The second kappa shape index (κ2) is 7.33. The number of nitrogens with zero attached hydrogens (tertiary/aromatic N) is 2. The Morgan fingerprint density at radius 2 is 2.04 bits per heavy atom. The van der Waals surface area contributed by atoms with Crippen LogP contribution in [-0.2, 0) is 11.3 Å². The van der Waals surface area contributed by atoms with Gasteiger partial charge >= 0.3 is 0 Å². The Bertz CT molecular complexity index is 873. The van der Waals surface area contributed by atoms with Crippen molar-refractivity contribution >= 4 is 38.3 Å². The maximum absolute atomic E-state index is 11.5. The van der Waals surface area contributed by atoms with Crippen molar-refractivity contribution < 1.29 is 4.79 Å². The fraction of sp³-hybridized carbons (Fsp3) is 0.300. The van der Waals surface area contributed by atoms with Gasteiger partial charge in [-0.15, -0.1) is 0 Å². The Kier molecular flexibility index (Phi) is 4.75. The number of primary amides is 1. The molecule has 1 atom stereocenters. The molecule has 1 aliphatic heterocycles. The summed E-state index contributed by atoms with van der Waals surface area (Å²) in [5, 5.41) is 4.34. The van der Waals surface area contributed by atoms with E-state index in [2.05, 4.69) is 45.5 Å². The summed E-state index contributed by atoms with van der Waals surface area (Å²) in [6.45, 7) is 2.44. The molecule has 2 aromatic carbocycles. The number of aromatic nitrogens is 1. The lowest BCUT2D eigenvalue weighted by molar-refractivity contribution is -0.122. The van der Waals surface area contributed by atoms with Crippen molar-refractivity contribution in [1.29, 1.82) is 0 Å². The third-order valence-corrected chi connectivity index (χ3v) is 5.86. The number of hydrogen-bond acceptors (Lipinski definition) is 5. The lowest BCUT2D eigenvalue weighted by Crippen LogP contribution is -2.41. The first-order valence-electron chi connectivity index (χ1n) is 8.92. The van der Waals surface area contributed by atoms with E-state index in [1.807, 2.05) is 18.2 Å². The van der Waals surface area contributed by atoms with Gasteiger partial charge in [-0.05, 0) is 42.7 Å². The fourth-order valence-electron chi connectivity index (χ4n) is 3.39. The topological polar surface area (TPSA) is 71.2 Å². The maximum atomic E-state index is 11.5. The van der Waals surface area contributed by atoms with E-state index >= 15 is 0 Å². The largest absolute Gasteiger partial charge is 0.371 e. The van der Waals surface area contributed by atoms with Gasteiger partial charge in [0.05, 0.1) is 16.1 Å². The van der Waals surface area contributed by atoms with Gasteiger partial charge in [0.15, 0.2) is 5.13 Å². The summed E-state index contributed by atoms with van der Waals surface area (Å²) < 4.78 is 1.19. The summed E-state index contributed by atoms with van der Waals surface area (Å²) in [5.74, 6) is -0.226. The number of fused-ring (bicyclic) bond motifs is 1. The predicted octanol–water partition coefficient (Wildman–Crippen LogP) is 3.61. The van der Waals surface area contributed by atoms with Gasteiger partial charge in [-0.25, -0.2) is 4.98 Å². The number of carbonyl (C=O) groups is 1. The highest BCUT2D eigenvalue weighted by Gasteiger charge is 2.23. The first-order chi connectivity index (χ1) is 12.7. The molecule has 5 nitrogen and oxygen atoms in total. The smallest absolute Gasteiger partial charge is 0.222 e. The van der Waals surface area contributed by atoms with Crippen LogP contribution in [0.15, 0.2) is 48.5 Å². The van der Waals surface area contributed by atoms with E-state index in [-0.39, 0.29) is 11.8 Å². The Balaban J connectivity index is 1.39. The molecule has 1 aliphatic rings. The van der Waals surface area contributed by atoms with Gasteiger partial charge in [0.25, 0.3) is 0 Å². The first kappa shape index (κ1) is 16.8. The van der Waals surface area contributed by atoms with E-state index in [0.717, 1.165) is 48.8 Å². The molecule has 0 bridgehead atoms. The van der Waals surface area contributed by atoms with Crippen LogP contribution in [0.25, 0.3) is 10.2 Å². The van der Waals surface area contributed by atoms with Crippen LogP contribution in [-0.4, -0.2) is 24.0 Å². The maximum Gasteiger partial charge on any atom is 0.222 e. The molecule has 134 valence electrons. The number of nitrogens with two attached hydrogens (primary N) is 1. The predicted molar refractivity (Wildman–Crippen MR) is 108 cm³/mol. The van der Waals surface area contributed by atoms with Gasteiger partial charge < -0.3 is 16.0 Å². The molecule has 1 saturated heterocycles. The Labute approximate surface area is 156 Å². The molecule has 4 rings (SSSR count). The molecule has 26 heavy (non-hydrogen) atoms. The number of piperidine rings is 1. The van der Waals surface area contributed by atoms with Gasteiger partial charge in [-0.3, -0.25) is 4.79 Å². The Morgan fingerprint density at radius 3 is 2.81 bits per heavy atom. The van der Waals surface area contributed by atoms with Crippen molar-refractivity contribution in [3.63, 3.8) is 0 Å². The van der Waals surface area contributed by atoms with Gasteiger partial charge in [0.2, 0.25) is 5.91 Å². The number of anilines is 2. The molecule has 0 aliphatic carbocycles. The molecule has 2 heterocycles. The Morgan fingerprint density at radius 1 is 1.23 bits per heavy atom. The Hall–Kier alpha value is -2.60. The van der Waals surface area contributed by atoms with Crippen LogP contribution < -0.4 is 16.0 Å². The van der Waals surface area contributed by atoms with E-state index in [1.165, 1.54) is 10.3 Å². The second-order valence-corrected chi connectivity index (χ2v) is 7.72. The highest BCUT2D eigenvalue weighted by Crippen LogP contribution is 2.26. The van der Waals surface area contributed by atoms with E-state index in [9.17, 15) is 4.79 Å². The molecular formula is C20H22N4OS. The van der Waals surface area contributed by atoms with Gasteiger partial charge in [0.1, 0.15) is 0 Å². The van der Waals surface area contributed by atoms with E-state index in [4.69, 9.17) is 5.73 Å². The zero-order valence-corrected chi connectivity index (χ0v) is 15.3. The van der Waals surface area contributed by atoms with Gasteiger partial charge in [0, 0.05) is 25.3 Å². The van der Waals surface area contributed by atoms with Crippen molar-refractivity contribution in [2.75, 3.05) is 23.3 Å². The monoisotopic (exact) mass is 366 g/mol. The molecule has 0 radical (unpaired) electrons. The quantitative estimate of drug-likeness (QED) is 0.724. The van der Waals surface area contributed by atoms with Crippen LogP contribution in [0.2, 0.25) is 0 Å². The molecule has 3 aromatic rings. The molecule has 0 saturated carbocycles. The van der Waals surface area contributed by atoms with Crippen LogP contribution in [0, 0.1) is 5.92 Å². The lowest BCUT2D eigenvalue weighted by atomic mass is 9.97. The number of rotatable bonds is 5. The zero-order valence-electron chi connectivity index (χ0n) is 14.5. The van der Waals surface area contributed by atoms with Crippen LogP contribution in [0.3, 0.4) is 0 Å². The number of thiazole rings is 1. The molecule has 1 aromatic heterocycles. The summed E-state index contributed by atoms with van der Waals surface area (Å²) in [6, 6.07) is 16.7. The van der Waals surface area contributed by atoms with E-state index in [1.54, 1.807) is 11.3 Å². The number of nitrogens with one attached hydrogen (secondary N) is 1. The normalized spacial score (nSPS) is 17.4. The minimum Gasteiger partial charge on any atom is -0.371 e. The minimum absolute atomic E-state index is 0.0378. The third kappa shape index (κ3) is 3.65. The number of para-hydroxylation sites is 1. The van der Waals surface area contributed by atoms with Gasteiger partial charge in [-0.1, -0.05) is 35.6 Å². The number of carbonyl (C=O) groups excluding carboxylic acids is 1. The number of benzene rings is 2. The first-order valence-corrected chi connectivity index (χ1v) is 9.73. The molecule has 1 fully saturated rings. The van der Waals surface area contributed by atoms with Crippen molar-refractivity contribution in [1.82, 2.24) is 4.98 Å².